The van der Waals surface area contributed by atoms with E-state index in [0.29, 0.717) is 5.92 Å². The zero-order valence-electron chi connectivity index (χ0n) is 12.0. The van der Waals surface area contributed by atoms with Crippen molar-refractivity contribution in [3.8, 4) is 0 Å². The Labute approximate surface area is 116 Å². The van der Waals surface area contributed by atoms with E-state index in [0.717, 1.165) is 18.0 Å². The zero-order valence-corrected chi connectivity index (χ0v) is 12.7. The summed E-state index contributed by atoms with van der Waals surface area (Å²) in [6.07, 6.45) is 7.01. The number of halogens is 1. The van der Waals surface area contributed by atoms with Gasteiger partial charge in [0.1, 0.15) is 0 Å². The van der Waals surface area contributed by atoms with Crippen molar-refractivity contribution < 1.29 is 0 Å². The van der Waals surface area contributed by atoms with Crippen LogP contribution in [0.2, 0.25) is 5.02 Å². The number of nitrogens with zero attached hydrogens (tertiary/aromatic N) is 1. The lowest BCUT2D eigenvalue weighted by Crippen LogP contribution is -2.39. The third kappa shape index (κ3) is 5.83. The quantitative estimate of drug-likeness (QED) is 0.841. The van der Waals surface area contributed by atoms with E-state index < -0.39 is 0 Å². The van der Waals surface area contributed by atoms with Gasteiger partial charge in [-0.2, -0.15) is 0 Å². The fourth-order valence-corrected chi connectivity index (χ4v) is 2.21. The number of hydrogen-bond donors (Lipinski definition) is 1. The molecule has 0 aliphatic carbocycles. The Bertz CT molecular complexity index is 358. The molecule has 0 aliphatic heterocycles. The second-order valence-corrected chi connectivity index (χ2v) is 6.36. The Kier molecular flexibility index (Phi) is 6.10. The van der Waals surface area contributed by atoms with Crippen LogP contribution in [-0.2, 0) is 6.42 Å². The van der Waals surface area contributed by atoms with Gasteiger partial charge in [-0.3, -0.25) is 4.98 Å². The van der Waals surface area contributed by atoms with Gasteiger partial charge >= 0.3 is 0 Å². The molecular formula is C15H25ClN2. The average molecular weight is 269 g/mol. The molecule has 102 valence electrons. The monoisotopic (exact) mass is 268 g/mol. The van der Waals surface area contributed by atoms with Crippen molar-refractivity contribution in [1.82, 2.24) is 10.3 Å². The van der Waals surface area contributed by atoms with Crippen LogP contribution in [0.4, 0.5) is 0 Å². The maximum atomic E-state index is 6.18. The van der Waals surface area contributed by atoms with Crippen LogP contribution in [0.1, 0.15) is 46.1 Å². The normalized spacial score (nSPS) is 13.6. The molecule has 1 aromatic heterocycles. The van der Waals surface area contributed by atoms with Gasteiger partial charge in [0.2, 0.25) is 0 Å². The summed E-state index contributed by atoms with van der Waals surface area (Å²) in [5, 5.41) is 4.37. The predicted octanol–water partition coefficient (Wildman–Crippen LogP) is 4.08. The highest BCUT2D eigenvalue weighted by atomic mass is 35.5. The standard InChI is InChI=1S/C15H25ClN2/c1-5-6-12(10-18-15(2,3)4)9-13-7-8-17-11-14(13)16/h7-8,11-12,18H,5-6,9-10H2,1-4H3. The Morgan fingerprint density at radius 2 is 2.11 bits per heavy atom. The fourth-order valence-electron chi connectivity index (χ4n) is 2.02. The Morgan fingerprint density at radius 3 is 2.67 bits per heavy atom. The number of aromatic nitrogens is 1. The Balaban J connectivity index is 2.60. The fraction of sp³-hybridized carbons (Fsp3) is 0.667. The largest absolute Gasteiger partial charge is 0.312 e. The first-order chi connectivity index (χ1) is 8.42. The summed E-state index contributed by atoms with van der Waals surface area (Å²) >= 11 is 6.18. The van der Waals surface area contributed by atoms with E-state index in [1.807, 2.05) is 12.3 Å². The van der Waals surface area contributed by atoms with Gasteiger partial charge in [0.15, 0.2) is 0 Å². The average Bonchev–Trinajstić information content (AvgIpc) is 2.28. The molecule has 0 radical (unpaired) electrons. The van der Waals surface area contributed by atoms with Gasteiger partial charge in [-0.05, 0) is 57.7 Å². The van der Waals surface area contributed by atoms with Crippen LogP contribution in [0.3, 0.4) is 0 Å². The lowest BCUT2D eigenvalue weighted by molar-refractivity contribution is 0.355. The van der Waals surface area contributed by atoms with Crippen molar-refractivity contribution in [3.63, 3.8) is 0 Å². The van der Waals surface area contributed by atoms with Crippen LogP contribution in [0, 0.1) is 5.92 Å². The Morgan fingerprint density at radius 1 is 1.39 bits per heavy atom. The van der Waals surface area contributed by atoms with Crippen molar-refractivity contribution in [2.75, 3.05) is 6.54 Å². The predicted molar refractivity (Wildman–Crippen MR) is 79.1 cm³/mol. The van der Waals surface area contributed by atoms with E-state index in [4.69, 9.17) is 11.6 Å². The lowest BCUT2D eigenvalue weighted by atomic mass is 9.94. The maximum Gasteiger partial charge on any atom is 0.0621 e. The molecule has 1 rings (SSSR count). The van der Waals surface area contributed by atoms with Gasteiger partial charge in [-0.15, -0.1) is 0 Å². The van der Waals surface area contributed by atoms with Crippen molar-refractivity contribution in [1.29, 1.82) is 0 Å². The summed E-state index contributed by atoms with van der Waals surface area (Å²) in [6.45, 7) is 9.88. The first-order valence-corrected chi connectivity index (χ1v) is 7.13. The van der Waals surface area contributed by atoms with E-state index in [2.05, 4.69) is 38.0 Å². The number of pyridine rings is 1. The van der Waals surface area contributed by atoms with E-state index in [1.165, 1.54) is 18.4 Å². The van der Waals surface area contributed by atoms with Crippen molar-refractivity contribution >= 4 is 11.6 Å². The molecule has 0 saturated heterocycles. The molecule has 0 aromatic carbocycles. The summed E-state index contributed by atoms with van der Waals surface area (Å²) in [5.74, 6) is 0.633. The molecule has 3 heteroatoms. The molecule has 1 aromatic rings. The van der Waals surface area contributed by atoms with Crippen LogP contribution < -0.4 is 5.32 Å². The second-order valence-electron chi connectivity index (χ2n) is 5.96. The van der Waals surface area contributed by atoms with Crippen LogP contribution in [0.25, 0.3) is 0 Å². The van der Waals surface area contributed by atoms with Gasteiger partial charge < -0.3 is 5.32 Å². The highest BCUT2D eigenvalue weighted by Crippen LogP contribution is 2.20. The van der Waals surface area contributed by atoms with Gasteiger partial charge in [0, 0.05) is 17.9 Å². The molecule has 1 heterocycles. The molecular weight excluding hydrogens is 244 g/mol. The minimum absolute atomic E-state index is 0.175. The third-order valence-corrected chi connectivity index (χ3v) is 3.32. The first-order valence-electron chi connectivity index (χ1n) is 6.76. The molecule has 18 heavy (non-hydrogen) atoms. The second kappa shape index (κ2) is 7.10. The summed E-state index contributed by atoms with van der Waals surface area (Å²) in [4.78, 5) is 4.04. The van der Waals surface area contributed by atoms with E-state index in [9.17, 15) is 0 Å². The van der Waals surface area contributed by atoms with Crippen LogP contribution in [0.5, 0.6) is 0 Å². The summed E-state index contributed by atoms with van der Waals surface area (Å²) in [5.41, 5.74) is 1.38. The minimum Gasteiger partial charge on any atom is -0.312 e. The molecule has 1 N–H and O–H groups in total. The van der Waals surface area contributed by atoms with Crippen molar-refractivity contribution in [2.24, 2.45) is 5.92 Å². The lowest BCUT2D eigenvalue weighted by Gasteiger charge is -2.25. The number of rotatable bonds is 6. The molecule has 0 spiro atoms. The van der Waals surface area contributed by atoms with Gasteiger partial charge in [-0.1, -0.05) is 24.9 Å². The molecule has 0 saturated carbocycles. The van der Waals surface area contributed by atoms with E-state index in [-0.39, 0.29) is 5.54 Å². The highest BCUT2D eigenvalue weighted by Gasteiger charge is 2.15. The van der Waals surface area contributed by atoms with Crippen molar-refractivity contribution in [3.05, 3.63) is 29.0 Å². The van der Waals surface area contributed by atoms with E-state index >= 15 is 0 Å². The number of nitrogens with one attached hydrogen (secondary N) is 1. The molecule has 0 amide bonds. The Hall–Kier alpha value is -0.600. The summed E-state index contributed by atoms with van der Waals surface area (Å²) in [6, 6.07) is 2.03. The summed E-state index contributed by atoms with van der Waals surface area (Å²) < 4.78 is 0. The molecule has 0 fully saturated rings. The topological polar surface area (TPSA) is 24.9 Å². The maximum absolute atomic E-state index is 6.18. The van der Waals surface area contributed by atoms with E-state index in [1.54, 1.807) is 6.20 Å². The third-order valence-electron chi connectivity index (χ3n) is 2.98. The molecule has 1 atom stereocenters. The van der Waals surface area contributed by atoms with Gasteiger partial charge in [0.25, 0.3) is 0 Å². The molecule has 1 unspecified atom stereocenters. The van der Waals surface area contributed by atoms with Crippen LogP contribution in [-0.4, -0.2) is 17.1 Å². The molecule has 0 aliphatic rings. The smallest absolute Gasteiger partial charge is 0.0621 e. The highest BCUT2D eigenvalue weighted by molar-refractivity contribution is 6.31. The number of hydrogen-bond acceptors (Lipinski definition) is 2. The van der Waals surface area contributed by atoms with Gasteiger partial charge in [-0.25, -0.2) is 0 Å². The first kappa shape index (κ1) is 15.5. The SMILES string of the molecule is CCCC(CNC(C)(C)C)Cc1ccncc1Cl. The zero-order chi connectivity index (χ0) is 13.6. The minimum atomic E-state index is 0.175. The summed E-state index contributed by atoms with van der Waals surface area (Å²) in [7, 11) is 0. The van der Waals surface area contributed by atoms with Crippen molar-refractivity contribution in [2.45, 2.75) is 52.5 Å². The van der Waals surface area contributed by atoms with Crippen LogP contribution in [0.15, 0.2) is 18.5 Å². The molecule has 2 nitrogen and oxygen atoms in total. The van der Waals surface area contributed by atoms with Crippen LogP contribution >= 0.6 is 11.6 Å². The van der Waals surface area contributed by atoms with Gasteiger partial charge in [0.05, 0.1) is 5.02 Å². The molecule has 0 bridgehead atoms.